The van der Waals surface area contributed by atoms with Crippen LogP contribution in [0.25, 0.3) is 0 Å². The number of carbonyl (C=O) groups is 3. The van der Waals surface area contributed by atoms with Crippen LogP contribution in [0.15, 0.2) is 10.6 Å². The summed E-state index contributed by atoms with van der Waals surface area (Å²) in [6.07, 6.45) is 1.30. The Labute approximate surface area is 167 Å². The Morgan fingerprint density at radius 3 is 2.07 bits per heavy atom. The summed E-state index contributed by atoms with van der Waals surface area (Å²) in [5.41, 5.74) is -0.163. The van der Waals surface area contributed by atoms with Crippen LogP contribution in [0.4, 0.5) is 11.7 Å². The summed E-state index contributed by atoms with van der Waals surface area (Å²) in [5.74, 6) is -1.68. The summed E-state index contributed by atoms with van der Waals surface area (Å²) in [6.45, 7) is 8.45. The quantitative estimate of drug-likeness (QED) is 0.516. The van der Waals surface area contributed by atoms with E-state index in [0.717, 1.165) is 0 Å². The van der Waals surface area contributed by atoms with Crippen LogP contribution in [0.2, 0.25) is 0 Å². The summed E-state index contributed by atoms with van der Waals surface area (Å²) >= 11 is 0. The van der Waals surface area contributed by atoms with Gasteiger partial charge in [-0.05, 0) is 34.6 Å². The van der Waals surface area contributed by atoms with Gasteiger partial charge in [-0.15, -0.1) is 0 Å². The number of furan rings is 1. The Balaban J connectivity index is 2.57. The lowest BCUT2D eigenvalue weighted by Crippen LogP contribution is -2.15. The predicted molar refractivity (Wildman–Crippen MR) is 101 cm³/mol. The lowest BCUT2D eigenvalue weighted by Gasteiger charge is -2.10. The molecule has 2 aromatic rings. The normalized spacial score (nSPS) is 10.4. The van der Waals surface area contributed by atoms with Crippen LogP contribution in [0.1, 0.15) is 63.4 Å². The third kappa shape index (κ3) is 4.89. The highest BCUT2D eigenvalue weighted by molar-refractivity contribution is 6.08. The second-order valence-electron chi connectivity index (χ2n) is 5.70. The van der Waals surface area contributed by atoms with E-state index < -0.39 is 17.9 Å². The van der Waals surface area contributed by atoms with Gasteiger partial charge in [0.1, 0.15) is 28.3 Å². The summed E-state index contributed by atoms with van der Waals surface area (Å²) in [5, 5.41) is 2.79. The van der Waals surface area contributed by atoms with Gasteiger partial charge in [0.2, 0.25) is 5.88 Å². The number of esters is 3. The lowest BCUT2D eigenvalue weighted by molar-refractivity contribution is 0.0480. The average Bonchev–Trinajstić information content (AvgIpc) is 2.98. The number of nitrogens with zero attached hydrogens (tertiary/aromatic N) is 2. The van der Waals surface area contributed by atoms with Crippen molar-refractivity contribution in [3.63, 3.8) is 0 Å². The maximum atomic E-state index is 12.5. The molecule has 0 aromatic carbocycles. The molecule has 10 heteroatoms. The van der Waals surface area contributed by atoms with Gasteiger partial charge in [0, 0.05) is 6.20 Å². The highest BCUT2D eigenvalue weighted by Gasteiger charge is 2.31. The van der Waals surface area contributed by atoms with Crippen molar-refractivity contribution in [2.45, 2.75) is 34.6 Å². The van der Waals surface area contributed by atoms with Gasteiger partial charge in [0.05, 0.1) is 19.8 Å². The number of rotatable bonds is 8. The minimum absolute atomic E-state index is 0.0407. The lowest BCUT2D eigenvalue weighted by atomic mass is 10.1. The summed E-state index contributed by atoms with van der Waals surface area (Å²) < 4.78 is 20.7. The number of ether oxygens (including phenoxy) is 3. The van der Waals surface area contributed by atoms with E-state index in [-0.39, 0.29) is 54.0 Å². The molecule has 10 nitrogen and oxygen atoms in total. The molecule has 0 aliphatic carbocycles. The molecule has 0 amide bonds. The van der Waals surface area contributed by atoms with Gasteiger partial charge in [-0.3, -0.25) is 0 Å². The number of hydrogen-bond donors (Lipinski definition) is 1. The Kier molecular flexibility index (Phi) is 7.29. The van der Waals surface area contributed by atoms with E-state index in [4.69, 9.17) is 18.6 Å². The molecule has 2 heterocycles. The molecule has 0 saturated heterocycles. The average molecular weight is 405 g/mol. The molecule has 0 spiro atoms. The first kappa shape index (κ1) is 21.9. The van der Waals surface area contributed by atoms with Gasteiger partial charge in [-0.2, -0.15) is 0 Å². The Bertz CT molecular complexity index is 921. The van der Waals surface area contributed by atoms with E-state index in [1.54, 1.807) is 27.7 Å². The molecule has 156 valence electrons. The third-order valence-electron chi connectivity index (χ3n) is 3.68. The molecule has 0 aliphatic heterocycles. The van der Waals surface area contributed by atoms with E-state index >= 15 is 0 Å². The largest absolute Gasteiger partial charge is 0.462 e. The number of aromatic nitrogens is 2. The zero-order valence-electron chi connectivity index (χ0n) is 17.0. The first-order valence-corrected chi connectivity index (χ1v) is 9.09. The van der Waals surface area contributed by atoms with E-state index in [9.17, 15) is 14.4 Å². The third-order valence-corrected chi connectivity index (χ3v) is 3.68. The smallest absolute Gasteiger partial charge is 0.344 e. The molecule has 0 unspecified atom stereocenters. The van der Waals surface area contributed by atoms with Crippen LogP contribution < -0.4 is 5.32 Å². The van der Waals surface area contributed by atoms with E-state index in [2.05, 4.69) is 15.3 Å². The molecule has 2 rings (SSSR count). The van der Waals surface area contributed by atoms with Gasteiger partial charge < -0.3 is 23.9 Å². The van der Waals surface area contributed by atoms with Gasteiger partial charge >= 0.3 is 17.9 Å². The minimum Gasteiger partial charge on any atom is -0.462 e. The van der Waals surface area contributed by atoms with Crippen molar-refractivity contribution < 1.29 is 33.0 Å². The van der Waals surface area contributed by atoms with E-state index in [1.165, 1.54) is 13.1 Å². The molecular formula is C19H23N3O7. The second-order valence-corrected chi connectivity index (χ2v) is 5.70. The number of anilines is 2. The zero-order valence-corrected chi connectivity index (χ0v) is 17.0. The number of carbonyl (C=O) groups excluding carboxylic acids is 3. The summed E-state index contributed by atoms with van der Waals surface area (Å²) in [4.78, 5) is 45.3. The topological polar surface area (TPSA) is 130 Å². The van der Waals surface area contributed by atoms with Crippen molar-refractivity contribution in [2.24, 2.45) is 0 Å². The fraction of sp³-hybridized carbons (Fsp3) is 0.421. The number of aryl methyl sites for hydroxylation is 2. The molecule has 0 aliphatic rings. The molecule has 0 saturated carbocycles. The maximum Gasteiger partial charge on any atom is 0.344 e. The van der Waals surface area contributed by atoms with Gasteiger partial charge in [-0.1, -0.05) is 0 Å². The zero-order chi connectivity index (χ0) is 21.6. The maximum absolute atomic E-state index is 12.5. The Hall–Kier alpha value is -3.43. The van der Waals surface area contributed by atoms with Crippen molar-refractivity contribution in [3.05, 3.63) is 34.5 Å². The fourth-order valence-corrected chi connectivity index (χ4v) is 2.51. The van der Waals surface area contributed by atoms with Gasteiger partial charge in [0.25, 0.3) is 0 Å². The van der Waals surface area contributed by atoms with Crippen molar-refractivity contribution in [3.8, 4) is 0 Å². The molecule has 29 heavy (non-hydrogen) atoms. The molecular weight excluding hydrogens is 382 g/mol. The predicted octanol–water partition coefficient (Wildman–Crippen LogP) is 2.96. The fourth-order valence-electron chi connectivity index (χ4n) is 2.51. The van der Waals surface area contributed by atoms with Crippen LogP contribution in [0, 0.1) is 13.8 Å². The van der Waals surface area contributed by atoms with E-state index in [1.807, 2.05) is 0 Å². The Morgan fingerprint density at radius 1 is 0.931 bits per heavy atom. The summed E-state index contributed by atoms with van der Waals surface area (Å²) in [7, 11) is 0. The first-order chi connectivity index (χ1) is 13.8. The van der Waals surface area contributed by atoms with Crippen LogP contribution in [-0.2, 0) is 14.2 Å². The van der Waals surface area contributed by atoms with Crippen molar-refractivity contribution in [1.29, 1.82) is 0 Å². The minimum atomic E-state index is -0.779. The molecule has 0 fully saturated rings. The molecule has 1 N–H and O–H groups in total. The van der Waals surface area contributed by atoms with Crippen molar-refractivity contribution >= 4 is 29.6 Å². The second kappa shape index (κ2) is 9.67. The van der Waals surface area contributed by atoms with Gasteiger partial charge in [0.15, 0.2) is 5.82 Å². The molecule has 2 aromatic heterocycles. The van der Waals surface area contributed by atoms with Crippen LogP contribution in [0.3, 0.4) is 0 Å². The SMILES string of the molecule is CCOC(=O)c1cnc(C)nc1Nc1oc(C)c(C(=O)OCC)c1C(=O)OCC. The standard InChI is InChI=1S/C19H23N3O7/c1-6-26-17(23)12-9-20-11(5)21-15(12)22-16-14(19(25)28-8-3)13(10(4)29-16)18(24)27-7-2/h9H,6-8H2,1-5H3,(H,20,21,22). The van der Waals surface area contributed by atoms with Crippen LogP contribution in [0.5, 0.6) is 0 Å². The summed E-state index contributed by atoms with van der Waals surface area (Å²) in [6, 6.07) is 0. The Morgan fingerprint density at radius 2 is 1.48 bits per heavy atom. The first-order valence-electron chi connectivity index (χ1n) is 9.09. The highest BCUT2D eigenvalue weighted by Crippen LogP contribution is 2.31. The number of nitrogens with one attached hydrogen (secondary N) is 1. The van der Waals surface area contributed by atoms with Gasteiger partial charge in [-0.25, -0.2) is 24.4 Å². The van der Waals surface area contributed by atoms with E-state index in [0.29, 0.717) is 5.82 Å². The van der Waals surface area contributed by atoms with Crippen LogP contribution in [-0.4, -0.2) is 47.7 Å². The van der Waals surface area contributed by atoms with Crippen molar-refractivity contribution in [2.75, 3.05) is 25.1 Å². The van der Waals surface area contributed by atoms with Crippen LogP contribution >= 0.6 is 0 Å². The monoisotopic (exact) mass is 405 g/mol. The highest BCUT2D eigenvalue weighted by atomic mass is 16.5. The molecule has 0 radical (unpaired) electrons. The molecule has 0 bridgehead atoms. The number of hydrogen-bond acceptors (Lipinski definition) is 10. The van der Waals surface area contributed by atoms with Crippen molar-refractivity contribution in [1.82, 2.24) is 9.97 Å². The molecule has 0 atom stereocenters.